The number of ether oxygens (including phenoxy) is 4. The van der Waals surface area contributed by atoms with E-state index >= 15 is 0 Å². The minimum Gasteiger partial charge on any atom is -0.497 e. The Morgan fingerprint density at radius 2 is 1.61 bits per heavy atom. The molecule has 0 unspecified atom stereocenters. The molecule has 8 heteroatoms. The quantitative estimate of drug-likeness (QED) is 0.684. The van der Waals surface area contributed by atoms with Gasteiger partial charge < -0.3 is 29.2 Å². The summed E-state index contributed by atoms with van der Waals surface area (Å²) < 4.78 is 21.1. The fraction of sp³-hybridized carbons (Fsp3) is 0.304. The highest BCUT2D eigenvalue weighted by Gasteiger charge is 2.23. The number of benzene rings is 2. The van der Waals surface area contributed by atoms with Gasteiger partial charge in [-0.3, -0.25) is 9.59 Å². The van der Waals surface area contributed by atoms with E-state index in [9.17, 15) is 9.59 Å². The van der Waals surface area contributed by atoms with Crippen LogP contribution in [-0.4, -0.2) is 64.3 Å². The second-order valence-corrected chi connectivity index (χ2v) is 6.76. The van der Waals surface area contributed by atoms with Crippen molar-refractivity contribution >= 4 is 17.9 Å². The lowest BCUT2D eigenvalue weighted by Gasteiger charge is -2.28. The van der Waals surface area contributed by atoms with Crippen LogP contribution in [0.3, 0.4) is 0 Å². The zero-order valence-electron chi connectivity index (χ0n) is 17.8. The van der Waals surface area contributed by atoms with Crippen LogP contribution in [0.15, 0.2) is 48.2 Å². The molecule has 1 aliphatic heterocycles. The Labute approximate surface area is 181 Å². The molecule has 164 valence electrons. The van der Waals surface area contributed by atoms with E-state index < -0.39 is 5.91 Å². The predicted octanol–water partition coefficient (Wildman–Crippen LogP) is 2.34. The van der Waals surface area contributed by atoms with Gasteiger partial charge >= 0.3 is 0 Å². The highest BCUT2D eigenvalue weighted by molar-refractivity contribution is 6.05. The maximum absolute atomic E-state index is 13.2. The van der Waals surface area contributed by atoms with Crippen molar-refractivity contribution < 1.29 is 28.5 Å². The minimum absolute atomic E-state index is 0.162. The van der Waals surface area contributed by atoms with Crippen molar-refractivity contribution in [3.05, 3.63) is 59.3 Å². The summed E-state index contributed by atoms with van der Waals surface area (Å²) in [4.78, 5) is 27.6. The summed E-state index contributed by atoms with van der Waals surface area (Å²) in [6.07, 6.45) is 1.63. The van der Waals surface area contributed by atoms with Crippen LogP contribution >= 0.6 is 0 Å². The number of morpholine rings is 1. The third-order valence-corrected chi connectivity index (χ3v) is 4.85. The Kier molecular flexibility index (Phi) is 7.50. The number of rotatable bonds is 7. The molecule has 2 aromatic carbocycles. The van der Waals surface area contributed by atoms with E-state index in [-0.39, 0.29) is 11.6 Å². The summed E-state index contributed by atoms with van der Waals surface area (Å²) in [6, 6.07) is 11.9. The van der Waals surface area contributed by atoms with E-state index in [2.05, 4.69) is 5.32 Å². The van der Waals surface area contributed by atoms with Gasteiger partial charge in [0, 0.05) is 18.7 Å². The molecule has 8 nitrogen and oxygen atoms in total. The zero-order valence-corrected chi connectivity index (χ0v) is 17.8. The SMILES string of the molecule is COc1ccc(C(=O)N/C(=C/c2ccc(OC)c(OC)c2)C(=O)N2CCOCC2)cc1. The van der Waals surface area contributed by atoms with E-state index in [1.807, 2.05) is 0 Å². The molecule has 31 heavy (non-hydrogen) atoms. The monoisotopic (exact) mass is 426 g/mol. The summed E-state index contributed by atoms with van der Waals surface area (Å²) in [6.45, 7) is 1.84. The second kappa shape index (κ2) is 10.5. The Balaban J connectivity index is 1.91. The topological polar surface area (TPSA) is 86.3 Å². The van der Waals surface area contributed by atoms with Gasteiger partial charge in [-0.2, -0.15) is 0 Å². The number of hydrogen-bond acceptors (Lipinski definition) is 6. The minimum atomic E-state index is -0.393. The first kappa shape index (κ1) is 22.2. The molecule has 1 saturated heterocycles. The van der Waals surface area contributed by atoms with E-state index in [0.717, 1.165) is 0 Å². The molecule has 1 aliphatic rings. The van der Waals surface area contributed by atoms with Gasteiger partial charge in [0.15, 0.2) is 11.5 Å². The number of nitrogens with one attached hydrogen (secondary N) is 1. The van der Waals surface area contributed by atoms with Crippen LogP contribution < -0.4 is 19.5 Å². The molecular formula is C23H26N2O6. The average molecular weight is 426 g/mol. The molecule has 1 N–H and O–H groups in total. The van der Waals surface area contributed by atoms with Crippen molar-refractivity contribution in [1.29, 1.82) is 0 Å². The first-order chi connectivity index (χ1) is 15.0. The van der Waals surface area contributed by atoms with E-state index in [1.165, 1.54) is 7.11 Å². The van der Waals surface area contributed by atoms with Crippen LogP contribution in [0.1, 0.15) is 15.9 Å². The number of nitrogens with zero attached hydrogens (tertiary/aromatic N) is 1. The van der Waals surface area contributed by atoms with Crippen LogP contribution in [0.25, 0.3) is 6.08 Å². The van der Waals surface area contributed by atoms with Gasteiger partial charge in [-0.05, 0) is 48.0 Å². The van der Waals surface area contributed by atoms with Crippen LogP contribution in [0.4, 0.5) is 0 Å². The Morgan fingerprint density at radius 3 is 2.23 bits per heavy atom. The second-order valence-electron chi connectivity index (χ2n) is 6.76. The fourth-order valence-corrected chi connectivity index (χ4v) is 3.13. The van der Waals surface area contributed by atoms with E-state index in [1.54, 1.807) is 67.7 Å². The Hall–Kier alpha value is -3.52. The molecule has 0 atom stereocenters. The lowest BCUT2D eigenvalue weighted by atomic mass is 10.1. The first-order valence-electron chi connectivity index (χ1n) is 9.82. The third-order valence-electron chi connectivity index (χ3n) is 4.85. The molecular weight excluding hydrogens is 400 g/mol. The molecule has 0 spiro atoms. The standard InChI is InChI=1S/C23H26N2O6/c1-28-18-7-5-17(6-8-18)22(26)24-19(23(27)25-10-12-31-13-11-25)14-16-4-9-20(29-2)21(15-16)30-3/h4-9,14-15H,10-13H2,1-3H3,(H,24,26)/b19-14+. The lowest BCUT2D eigenvalue weighted by Crippen LogP contribution is -2.44. The maximum Gasteiger partial charge on any atom is 0.270 e. The van der Waals surface area contributed by atoms with Crippen molar-refractivity contribution in [3.63, 3.8) is 0 Å². The molecule has 0 aliphatic carbocycles. The van der Waals surface area contributed by atoms with Crippen LogP contribution in [0, 0.1) is 0 Å². The van der Waals surface area contributed by atoms with Gasteiger partial charge in [-0.25, -0.2) is 0 Å². The van der Waals surface area contributed by atoms with E-state index in [4.69, 9.17) is 18.9 Å². The molecule has 1 fully saturated rings. The van der Waals surface area contributed by atoms with Crippen molar-refractivity contribution in [3.8, 4) is 17.2 Å². The highest BCUT2D eigenvalue weighted by Crippen LogP contribution is 2.28. The molecule has 3 rings (SSSR count). The number of carbonyl (C=O) groups excluding carboxylic acids is 2. The number of methoxy groups -OCH3 is 3. The van der Waals surface area contributed by atoms with Gasteiger partial charge in [0.2, 0.25) is 0 Å². The molecule has 0 bridgehead atoms. The average Bonchev–Trinajstić information content (AvgIpc) is 2.83. The van der Waals surface area contributed by atoms with Crippen molar-refractivity contribution in [2.75, 3.05) is 47.6 Å². The number of amides is 2. The summed E-state index contributed by atoms with van der Waals surface area (Å²) in [7, 11) is 4.65. The Bertz CT molecular complexity index is 949. The summed E-state index contributed by atoms with van der Waals surface area (Å²) in [5.74, 6) is 1.07. The fourth-order valence-electron chi connectivity index (χ4n) is 3.13. The number of carbonyl (C=O) groups is 2. The summed E-state index contributed by atoms with van der Waals surface area (Å²) in [5.41, 5.74) is 1.26. The lowest BCUT2D eigenvalue weighted by molar-refractivity contribution is -0.131. The summed E-state index contributed by atoms with van der Waals surface area (Å²) >= 11 is 0. The largest absolute Gasteiger partial charge is 0.497 e. The van der Waals surface area contributed by atoms with Crippen LogP contribution in [0.5, 0.6) is 17.2 Å². The molecule has 1 heterocycles. The smallest absolute Gasteiger partial charge is 0.270 e. The number of hydrogen-bond donors (Lipinski definition) is 1. The van der Waals surface area contributed by atoms with Crippen molar-refractivity contribution in [2.24, 2.45) is 0 Å². The van der Waals surface area contributed by atoms with E-state index in [0.29, 0.717) is 54.7 Å². The molecule has 2 aromatic rings. The molecule has 0 saturated carbocycles. The normalized spacial score (nSPS) is 14.0. The third kappa shape index (κ3) is 5.55. The first-order valence-corrected chi connectivity index (χ1v) is 9.82. The van der Waals surface area contributed by atoms with Crippen LogP contribution in [0.2, 0.25) is 0 Å². The van der Waals surface area contributed by atoms with Crippen LogP contribution in [-0.2, 0) is 9.53 Å². The van der Waals surface area contributed by atoms with Crippen molar-refractivity contribution in [2.45, 2.75) is 0 Å². The summed E-state index contributed by atoms with van der Waals surface area (Å²) in [5, 5.41) is 2.76. The molecule has 0 radical (unpaired) electrons. The molecule has 0 aromatic heterocycles. The zero-order chi connectivity index (χ0) is 22.2. The maximum atomic E-state index is 13.2. The van der Waals surface area contributed by atoms with Gasteiger partial charge in [0.25, 0.3) is 11.8 Å². The highest BCUT2D eigenvalue weighted by atomic mass is 16.5. The van der Waals surface area contributed by atoms with Gasteiger partial charge in [0.05, 0.1) is 34.5 Å². The van der Waals surface area contributed by atoms with Crippen molar-refractivity contribution in [1.82, 2.24) is 10.2 Å². The Morgan fingerprint density at radius 1 is 0.935 bits per heavy atom. The predicted molar refractivity (Wildman–Crippen MR) is 115 cm³/mol. The van der Waals surface area contributed by atoms with Gasteiger partial charge in [-0.1, -0.05) is 6.07 Å². The van der Waals surface area contributed by atoms with Gasteiger partial charge in [0.1, 0.15) is 11.4 Å². The van der Waals surface area contributed by atoms with Gasteiger partial charge in [-0.15, -0.1) is 0 Å². The molecule has 2 amide bonds.